The van der Waals surface area contributed by atoms with Gasteiger partial charge in [-0.1, -0.05) is 6.92 Å². The van der Waals surface area contributed by atoms with Gasteiger partial charge in [0.25, 0.3) is 0 Å². The van der Waals surface area contributed by atoms with E-state index >= 15 is 0 Å². The Hall–Kier alpha value is -0.780. The molecule has 0 atom stereocenters. The van der Waals surface area contributed by atoms with E-state index in [0.717, 1.165) is 4.90 Å². The molecule has 1 aliphatic rings. The molecule has 0 saturated heterocycles. The first kappa shape index (κ1) is 13.3. The molecule has 0 aromatic rings. The van der Waals surface area contributed by atoms with Crippen LogP contribution < -0.4 is 5.73 Å². The quantitative estimate of drug-likeness (QED) is 0.789. The van der Waals surface area contributed by atoms with E-state index in [1.54, 1.807) is 6.92 Å². The Labute approximate surface area is 92.8 Å². The molecule has 3 nitrogen and oxygen atoms in total. The van der Waals surface area contributed by atoms with Gasteiger partial charge in [0.15, 0.2) is 0 Å². The van der Waals surface area contributed by atoms with Crippen molar-refractivity contribution in [3.63, 3.8) is 0 Å². The van der Waals surface area contributed by atoms with Crippen molar-refractivity contribution in [3.05, 3.63) is 0 Å². The van der Waals surface area contributed by atoms with Gasteiger partial charge in [0.05, 0.1) is 5.41 Å². The summed E-state index contributed by atoms with van der Waals surface area (Å²) in [6, 6.07) is 0. The van der Waals surface area contributed by atoms with Gasteiger partial charge in [0.1, 0.15) is 6.54 Å². The number of hydrogen-bond acceptors (Lipinski definition) is 2. The highest BCUT2D eigenvalue weighted by molar-refractivity contribution is 5.85. The van der Waals surface area contributed by atoms with E-state index in [0.29, 0.717) is 19.3 Å². The fourth-order valence-corrected chi connectivity index (χ4v) is 1.73. The lowest BCUT2D eigenvalue weighted by molar-refractivity contribution is -0.164. The van der Waals surface area contributed by atoms with Gasteiger partial charge in [-0.2, -0.15) is 13.2 Å². The SMILES string of the molecule is CCCN(CC(F)(F)F)C(=O)C1(CN)CC1. The van der Waals surface area contributed by atoms with Crippen molar-refractivity contribution in [2.24, 2.45) is 11.1 Å². The number of amides is 1. The topological polar surface area (TPSA) is 46.3 Å². The van der Waals surface area contributed by atoms with Crippen molar-refractivity contribution >= 4 is 5.91 Å². The second-order valence-corrected chi connectivity index (χ2v) is 4.33. The van der Waals surface area contributed by atoms with Gasteiger partial charge in [-0.3, -0.25) is 4.79 Å². The Morgan fingerprint density at radius 1 is 1.44 bits per heavy atom. The van der Waals surface area contributed by atoms with Gasteiger partial charge in [0.2, 0.25) is 5.91 Å². The Morgan fingerprint density at radius 2 is 2.00 bits per heavy atom. The van der Waals surface area contributed by atoms with Crippen molar-refractivity contribution < 1.29 is 18.0 Å². The van der Waals surface area contributed by atoms with Crippen molar-refractivity contribution in [1.29, 1.82) is 0 Å². The summed E-state index contributed by atoms with van der Waals surface area (Å²) in [6.45, 7) is 0.865. The molecular formula is C10H17F3N2O. The molecule has 6 heteroatoms. The molecule has 0 radical (unpaired) electrons. The molecule has 2 N–H and O–H groups in total. The van der Waals surface area contributed by atoms with Crippen LogP contribution in [0.2, 0.25) is 0 Å². The van der Waals surface area contributed by atoms with Gasteiger partial charge < -0.3 is 10.6 Å². The van der Waals surface area contributed by atoms with Crippen molar-refractivity contribution in [3.8, 4) is 0 Å². The fraction of sp³-hybridized carbons (Fsp3) is 0.900. The third-order valence-corrected chi connectivity index (χ3v) is 2.85. The summed E-state index contributed by atoms with van der Waals surface area (Å²) in [6.07, 6.45) is -2.60. The molecule has 0 bridgehead atoms. The number of nitrogens with zero attached hydrogens (tertiary/aromatic N) is 1. The lowest BCUT2D eigenvalue weighted by Gasteiger charge is -2.27. The maximum Gasteiger partial charge on any atom is 0.406 e. The van der Waals surface area contributed by atoms with Crippen LogP contribution in [0.4, 0.5) is 13.2 Å². The van der Waals surface area contributed by atoms with Crippen LogP contribution in [0.3, 0.4) is 0 Å². The zero-order valence-electron chi connectivity index (χ0n) is 9.31. The van der Waals surface area contributed by atoms with Crippen molar-refractivity contribution in [2.45, 2.75) is 32.4 Å². The molecular weight excluding hydrogens is 221 g/mol. The normalized spacial score (nSPS) is 18.3. The van der Waals surface area contributed by atoms with Gasteiger partial charge in [-0.25, -0.2) is 0 Å². The van der Waals surface area contributed by atoms with Crippen molar-refractivity contribution in [1.82, 2.24) is 4.90 Å². The van der Waals surface area contributed by atoms with Gasteiger partial charge >= 0.3 is 6.18 Å². The molecule has 1 amide bonds. The first-order valence-electron chi connectivity index (χ1n) is 5.41. The summed E-state index contributed by atoms with van der Waals surface area (Å²) in [5.74, 6) is -0.436. The molecule has 94 valence electrons. The molecule has 1 aliphatic carbocycles. The number of nitrogens with two attached hydrogens (primary N) is 1. The highest BCUT2D eigenvalue weighted by Crippen LogP contribution is 2.46. The summed E-state index contributed by atoms with van der Waals surface area (Å²) >= 11 is 0. The van der Waals surface area contributed by atoms with E-state index in [1.807, 2.05) is 0 Å². The van der Waals surface area contributed by atoms with E-state index in [4.69, 9.17) is 5.73 Å². The number of carbonyl (C=O) groups excluding carboxylic acids is 1. The average molecular weight is 238 g/mol. The van der Waals surface area contributed by atoms with Crippen LogP contribution in [0.15, 0.2) is 0 Å². The minimum atomic E-state index is -4.34. The third-order valence-electron chi connectivity index (χ3n) is 2.85. The monoisotopic (exact) mass is 238 g/mol. The van der Waals surface area contributed by atoms with Gasteiger partial charge in [-0.05, 0) is 19.3 Å². The summed E-state index contributed by atoms with van der Waals surface area (Å²) < 4.78 is 36.8. The molecule has 0 spiro atoms. The summed E-state index contributed by atoms with van der Waals surface area (Å²) in [7, 11) is 0. The molecule has 0 aromatic heterocycles. The first-order valence-corrected chi connectivity index (χ1v) is 5.41. The summed E-state index contributed by atoms with van der Waals surface area (Å²) in [5.41, 5.74) is 4.74. The average Bonchev–Trinajstić information content (AvgIpc) is 2.94. The Morgan fingerprint density at radius 3 is 2.31 bits per heavy atom. The standard InChI is InChI=1S/C10H17F3N2O/c1-2-5-15(7-10(11,12)13)8(16)9(6-14)3-4-9/h2-7,14H2,1H3. The lowest BCUT2D eigenvalue weighted by Crippen LogP contribution is -2.45. The van der Waals surface area contributed by atoms with E-state index < -0.39 is 24.0 Å². The number of halogens is 3. The fourth-order valence-electron chi connectivity index (χ4n) is 1.73. The van der Waals surface area contributed by atoms with Crippen LogP contribution in [-0.4, -0.2) is 36.6 Å². The Kier molecular flexibility index (Phi) is 3.83. The maximum atomic E-state index is 12.3. The minimum absolute atomic E-state index is 0.139. The van der Waals surface area contributed by atoms with Crippen LogP contribution >= 0.6 is 0 Å². The predicted molar refractivity (Wildman–Crippen MR) is 53.6 cm³/mol. The minimum Gasteiger partial charge on any atom is -0.333 e. The van der Waals surface area contributed by atoms with Crippen LogP contribution in [0.25, 0.3) is 0 Å². The third kappa shape index (κ3) is 3.10. The number of alkyl halides is 3. The highest BCUT2D eigenvalue weighted by atomic mass is 19.4. The van der Waals surface area contributed by atoms with Crippen LogP contribution in [0.1, 0.15) is 26.2 Å². The molecule has 1 rings (SSSR count). The van der Waals surface area contributed by atoms with E-state index in [1.165, 1.54) is 0 Å². The van der Waals surface area contributed by atoms with E-state index in [-0.39, 0.29) is 13.1 Å². The van der Waals surface area contributed by atoms with Crippen LogP contribution in [-0.2, 0) is 4.79 Å². The molecule has 0 aliphatic heterocycles. The van der Waals surface area contributed by atoms with Gasteiger partial charge in [0, 0.05) is 13.1 Å². The van der Waals surface area contributed by atoms with Gasteiger partial charge in [-0.15, -0.1) is 0 Å². The molecule has 1 saturated carbocycles. The molecule has 1 fully saturated rings. The Bertz CT molecular complexity index is 261. The second kappa shape index (κ2) is 4.61. The van der Waals surface area contributed by atoms with Crippen LogP contribution in [0, 0.1) is 5.41 Å². The number of carbonyl (C=O) groups is 1. The number of rotatable bonds is 5. The zero-order chi connectivity index (χ0) is 12.4. The molecule has 0 unspecified atom stereocenters. The zero-order valence-corrected chi connectivity index (χ0v) is 9.31. The highest BCUT2D eigenvalue weighted by Gasteiger charge is 2.51. The summed E-state index contributed by atoms with van der Waals surface area (Å²) in [5, 5.41) is 0. The molecule has 0 heterocycles. The molecule has 0 aromatic carbocycles. The molecule has 16 heavy (non-hydrogen) atoms. The largest absolute Gasteiger partial charge is 0.406 e. The smallest absolute Gasteiger partial charge is 0.333 e. The Balaban J connectivity index is 2.66. The first-order chi connectivity index (χ1) is 7.34. The predicted octanol–water partition coefficient (Wildman–Crippen LogP) is 1.53. The van der Waals surface area contributed by atoms with E-state index in [2.05, 4.69) is 0 Å². The number of hydrogen-bond donors (Lipinski definition) is 1. The van der Waals surface area contributed by atoms with Crippen molar-refractivity contribution in [2.75, 3.05) is 19.6 Å². The van der Waals surface area contributed by atoms with Crippen LogP contribution in [0.5, 0.6) is 0 Å². The van der Waals surface area contributed by atoms with E-state index in [9.17, 15) is 18.0 Å². The maximum absolute atomic E-state index is 12.3. The lowest BCUT2D eigenvalue weighted by atomic mass is 10.1. The second-order valence-electron chi connectivity index (χ2n) is 4.33. The summed E-state index contributed by atoms with van der Waals surface area (Å²) in [4.78, 5) is 12.8.